The molecule has 0 unspecified atom stereocenters. The maximum atomic E-state index is 11.8. The van der Waals surface area contributed by atoms with E-state index in [2.05, 4.69) is 4.99 Å². The first-order valence-corrected chi connectivity index (χ1v) is 5.88. The van der Waals surface area contributed by atoms with E-state index in [1.54, 1.807) is 32.5 Å². The molecule has 0 N–H and O–H groups in total. The van der Waals surface area contributed by atoms with Gasteiger partial charge in [-0.15, -0.1) is 0 Å². The molecule has 1 fully saturated rings. The molecule has 2 heterocycles. The fourth-order valence-corrected chi connectivity index (χ4v) is 2.26. The molecule has 5 heteroatoms. The molecule has 0 bridgehead atoms. The number of nitrogens with zero attached hydrogens (tertiary/aromatic N) is 2. The Morgan fingerprint density at radius 2 is 2.35 bits per heavy atom. The van der Waals surface area contributed by atoms with Crippen LogP contribution >= 0.6 is 11.8 Å². The molecular weight excluding hydrogens is 236 g/mol. The van der Waals surface area contributed by atoms with Crippen molar-refractivity contribution in [3.63, 3.8) is 0 Å². The van der Waals surface area contributed by atoms with Gasteiger partial charge in [-0.2, -0.15) is 0 Å². The molecule has 1 aliphatic heterocycles. The maximum absolute atomic E-state index is 11.8. The number of hydrogen-bond acceptors (Lipinski definition) is 4. The smallest absolute Gasteiger partial charge is 0.266 e. The number of furan rings is 1. The van der Waals surface area contributed by atoms with Crippen LogP contribution in [0.1, 0.15) is 5.76 Å². The van der Waals surface area contributed by atoms with Gasteiger partial charge in [0.1, 0.15) is 5.76 Å². The van der Waals surface area contributed by atoms with Crippen molar-refractivity contribution < 1.29 is 9.21 Å². The zero-order chi connectivity index (χ0) is 12.3. The first-order chi connectivity index (χ1) is 8.22. The second-order valence-electron chi connectivity index (χ2n) is 3.38. The zero-order valence-corrected chi connectivity index (χ0v) is 10.4. The summed E-state index contributed by atoms with van der Waals surface area (Å²) < 4.78 is 5.15. The summed E-state index contributed by atoms with van der Waals surface area (Å²) in [5.74, 6) is 0.731. The van der Waals surface area contributed by atoms with Gasteiger partial charge < -0.3 is 4.42 Å². The molecule has 1 aliphatic rings. The van der Waals surface area contributed by atoms with Crippen LogP contribution in [0.15, 0.2) is 44.9 Å². The third-order valence-corrected chi connectivity index (χ3v) is 3.42. The Morgan fingerprint density at radius 1 is 1.53 bits per heavy atom. The fraction of sp³-hybridized carbons (Fsp3) is 0.167. The predicted molar refractivity (Wildman–Crippen MR) is 69.5 cm³/mol. The quantitative estimate of drug-likeness (QED) is 0.755. The van der Waals surface area contributed by atoms with Crippen LogP contribution < -0.4 is 0 Å². The molecule has 1 saturated heterocycles. The minimum absolute atomic E-state index is 0.0281. The van der Waals surface area contributed by atoms with Crippen LogP contribution in [0, 0.1) is 0 Å². The van der Waals surface area contributed by atoms with Gasteiger partial charge in [0.25, 0.3) is 5.91 Å². The molecule has 0 radical (unpaired) electrons. The molecule has 1 aromatic heterocycles. The normalized spacial score (nSPS) is 21.3. The van der Waals surface area contributed by atoms with Crippen LogP contribution in [0.25, 0.3) is 6.08 Å². The second-order valence-corrected chi connectivity index (χ2v) is 4.39. The van der Waals surface area contributed by atoms with Gasteiger partial charge in [0, 0.05) is 14.1 Å². The van der Waals surface area contributed by atoms with E-state index in [9.17, 15) is 4.79 Å². The molecule has 4 nitrogen and oxygen atoms in total. The summed E-state index contributed by atoms with van der Waals surface area (Å²) in [4.78, 5) is 18.0. The standard InChI is InChI=1S/C12H12N2O2S/c1-13-12-14(2)11(15)10(17-12)7-3-5-9-6-4-8-16-9/h3-8H,1-2H3/b5-3+,10-7-,13-12?. The molecule has 0 spiro atoms. The predicted octanol–water partition coefficient (Wildman–Crippen LogP) is 2.37. The first-order valence-electron chi connectivity index (χ1n) is 5.07. The molecule has 1 aromatic rings. The summed E-state index contributed by atoms with van der Waals surface area (Å²) in [6, 6.07) is 3.67. The molecule has 1 amide bonds. The number of allylic oxidation sites excluding steroid dienone is 2. The van der Waals surface area contributed by atoms with Crippen molar-refractivity contribution in [3.8, 4) is 0 Å². The van der Waals surface area contributed by atoms with Crippen molar-refractivity contribution in [3.05, 3.63) is 41.2 Å². The molecule has 0 aliphatic carbocycles. The second kappa shape index (κ2) is 5.05. The average Bonchev–Trinajstić information content (AvgIpc) is 2.92. The highest BCUT2D eigenvalue weighted by Crippen LogP contribution is 2.29. The molecule has 2 rings (SSSR count). The minimum atomic E-state index is -0.0281. The van der Waals surface area contributed by atoms with Crippen LogP contribution in [0.5, 0.6) is 0 Å². The molecule has 17 heavy (non-hydrogen) atoms. The number of hydrogen-bond donors (Lipinski definition) is 0. The average molecular weight is 248 g/mol. The Bertz CT molecular complexity index is 501. The summed E-state index contributed by atoms with van der Waals surface area (Å²) in [7, 11) is 3.39. The molecular formula is C12H12N2O2S. The summed E-state index contributed by atoms with van der Waals surface area (Å²) in [6.45, 7) is 0. The molecule has 88 valence electrons. The van der Waals surface area contributed by atoms with Crippen LogP contribution in [-0.4, -0.2) is 30.1 Å². The van der Waals surface area contributed by atoms with Crippen molar-refractivity contribution in [2.45, 2.75) is 0 Å². The molecule has 0 aromatic carbocycles. The Hall–Kier alpha value is -1.75. The first kappa shape index (κ1) is 11.7. The van der Waals surface area contributed by atoms with Gasteiger partial charge in [-0.3, -0.25) is 14.7 Å². The van der Waals surface area contributed by atoms with Crippen LogP contribution in [0.2, 0.25) is 0 Å². The number of carbonyl (C=O) groups excluding carboxylic acids is 1. The van der Waals surface area contributed by atoms with Crippen LogP contribution in [0.3, 0.4) is 0 Å². The monoisotopic (exact) mass is 248 g/mol. The lowest BCUT2D eigenvalue weighted by Gasteiger charge is -2.04. The highest BCUT2D eigenvalue weighted by atomic mass is 32.2. The Morgan fingerprint density at radius 3 is 2.94 bits per heavy atom. The van der Waals surface area contributed by atoms with E-state index in [0.717, 1.165) is 5.76 Å². The minimum Gasteiger partial charge on any atom is -0.465 e. The zero-order valence-electron chi connectivity index (χ0n) is 9.58. The maximum Gasteiger partial charge on any atom is 0.266 e. The topological polar surface area (TPSA) is 45.8 Å². The van der Waals surface area contributed by atoms with Gasteiger partial charge in [0.15, 0.2) is 5.17 Å². The van der Waals surface area contributed by atoms with Crippen molar-refractivity contribution in [2.75, 3.05) is 14.1 Å². The molecule has 0 saturated carbocycles. The number of amides is 1. The number of rotatable bonds is 2. The largest absolute Gasteiger partial charge is 0.465 e. The van der Waals surface area contributed by atoms with Gasteiger partial charge in [-0.25, -0.2) is 0 Å². The highest BCUT2D eigenvalue weighted by Gasteiger charge is 2.28. The van der Waals surface area contributed by atoms with Gasteiger partial charge in [0.05, 0.1) is 11.2 Å². The van der Waals surface area contributed by atoms with Gasteiger partial charge in [-0.05, 0) is 36.0 Å². The number of likely N-dealkylation sites (N-methyl/N-ethyl adjacent to an activating group) is 1. The van der Waals surface area contributed by atoms with E-state index in [1.165, 1.54) is 16.7 Å². The Balaban J connectivity index is 2.11. The summed E-state index contributed by atoms with van der Waals surface area (Å²) in [5, 5.41) is 0.715. The van der Waals surface area contributed by atoms with E-state index in [4.69, 9.17) is 4.42 Å². The van der Waals surface area contributed by atoms with Crippen molar-refractivity contribution >= 4 is 28.9 Å². The van der Waals surface area contributed by atoms with Gasteiger partial charge in [0.2, 0.25) is 0 Å². The number of aliphatic imine (C=N–C) groups is 1. The highest BCUT2D eigenvalue weighted by molar-refractivity contribution is 8.18. The Labute approximate surface area is 104 Å². The lowest BCUT2D eigenvalue weighted by atomic mass is 10.3. The van der Waals surface area contributed by atoms with Crippen molar-refractivity contribution in [1.82, 2.24) is 4.90 Å². The summed E-state index contributed by atoms with van der Waals surface area (Å²) in [6.07, 6.45) is 6.98. The van der Waals surface area contributed by atoms with Crippen molar-refractivity contribution in [1.29, 1.82) is 0 Å². The summed E-state index contributed by atoms with van der Waals surface area (Å²) >= 11 is 1.37. The van der Waals surface area contributed by atoms with Crippen LogP contribution in [-0.2, 0) is 4.79 Å². The summed E-state index contributed by atoms with van der Waals surface area (Å²) in [5.41, 5.74) is 0. The SMILES string of the molecule is CN=C1S/C(=C\C=C\c2ccco2)C(=O)N1C. The third-order valence-electron chi connectivity index (χ3n) is 2.25. The lowest BCUT2D eigenvalue weighted by molar-refractivity contribution is -0.121. The van der Waals surface area contributed by atoms with Crippen LogP contribution in [0.4, 0.5) is 0 Å². The number of carbonyl (C=O) groups is 1. The fourth-order valence-electron chi connectivity index (χ4n) is 1.38. The Kier molecular flexibility index (Phi) is 3.49. The number of thioether (sulfide) groups is 1. The van der Waals surface area contributed by atoms with Gasteiger partial charge >= 0.3 is 0 Å². The van der Waals surface area contributed by atoms with Crippen molar-refractivity contribution in [2.24, 2.45) is 4.99 Å². The third kappa shape index (κ3) is 2.50. The van der Waals surface area contributed by atoms with Gasteiger partial charge in [-0.1, -0.05) is 6.08 Å². The van der Waals surface area contributed by atoms with E-state index < -0.39 is 0 Å². The molecule has 0 atom stereocenters. The van der Waals surface area contributed by atoms with E-state index in [-0.39, 0.29) is 5.91 Å². The van der Waals surface area contributed by atoms with E-state index in [0.29, 0.717) is 10.1 Å². The van der Waals surface area contributed by atoms with E-state index >= 15 is 0 Å². The lowest BCUT2D eigenvalue weighted by Crippen LogP contribution is -2.23. The van der Waals surface area contributed by atoms with E-state index in [1.807, 2.05) is 18.2 Å². The number of amidine groups is 1.